The number of aryl methyl sites for hydroxylation is 1. The third kappa shape index (κ3) is 3.53. The molecule has 1 N–H and O–H groups in total. The van der Waals surface area contributed by atoms with E-state index in [1.165, 1.54) is 4.88 Å². The van der Waals surface area contributed by atoms with Crippen LogP contribution in [0.2, 0.25) is 10.0 Å². The van der Waals surface area contributed by atoms with Crippen molar-refractivity contribution in [3.8, 4) is 0 Å². The number of aromatic nitrogens is 1. The van der Waals surface area contributed by atoms with Crippen molar-refractivity contribution in [3.05, 3.63) is 49.4 Å². The van der Waals surface area contributed by atoms with Gasteiger partial charge in [0.2, 0.25) is 0 Å². The van der Waals surface area contributed by atoms with Crippen molar-refractivity contribution in [2.75, 3.05) is 6.54 Å². The van der Waals surface area contributed by atoms with Crippen LogP contribution in [-0.2, 0) is 6.42 Å². The van der Waals surface area contributed by atoms with Gasteiger partial charge in [-0.25, -0.2) is 4.98 Å². The Morgan fingerprint density at radius 1 is 1.30 bits per heavy atom. The molecule has 0 fully saturated rings. The van der Waals surface area contributed by atoms with Crippen LogP contribution >= 0.6 is 34.5 Å². The van der Waals surface area contributed by atoms with E-state index in [4.69, 9.17) is 23.2 Å². The molecule has 20 heavy (non-hydrogen) atoms. The molecule has 1 heterocycles. The maximum Gasteiger partial charge on any atom is 0.0976 e. The lowest BCUT2D eigenvalue weighted by atomic mass is 10.1. The molecule has 0 aliphatic heterocycles. The Morgan fingerprint density at radius 2 is 1.95 bits per heavy atom. The highest BCUT2D eigenvalue weighted by Gasteiger charge is 2.15. The minimum absolute atomic E-state index is 0.327. The van der Waals surface area contributed by atoms with E-state index >= 15 is 0 Å². The summed E-state index contributed by atoms with van der Waals surface area (Å²) in [5.41, 5.74) is 2.04. The molecule has 2 rings (SSSR count). The van der Waals surface area contributed by atoms with Crippen molar-refractivity contribution in [3.63, 3.8) is 0 Å². The standard InChI is InChI=1S/C15H18Cl2N2S/c1-4-18-9(2)15-10(3)19-14(20-15)8-11-12(16)6-5-7-13(11)17/h5-7,9,18H,4,8H2,1-3H3. The van der Waals surface area contributed by atoms with Crippen molar-refractivity contribution in [1.29, 1.82) is 0 Å². The van der Waals surface area contributed by atoms with Crippen LogP contribution in [0.3, 0.4) is 0 Å². The lowest BCUT2D eigenvalue weighted by Gasteiger charge is -2.10. The number of rotatable bonds is 5. The topological polar surface area (TPSA) is 24.9 Å². The van der Waals surface area contributed by atoms with Crippen LogP contribution in [-0.4, -0.2) is 11.5 Å². The highest BCUT2D eigenvalue weighted by molar-refractivity contribution is 7.11. The number of halogens is 2. The molecule has 2 nitrogen and oxygen atoms in total. The van der Waals surface area contributed by atoms with Gasteiger partial charge in [0.15, 0.2) is 0 Å². The summed E-state index contributed by atoms with van der Waals surface area (Å²) >= 11 is 14.2. The average Bonchev–Trinajstić information content (AvgIpc) is 2.75. The SMILES string of the molecule is CCNC(C)c1sc(Cc2c(Cl)cccc2Cl)nc1C. The fourth-order valence-corrected chi connectivity index (χ4v) is 3.83. The Bertz CT molecular complexity index is 575. The van der Waals surface area contributed by atoms with E-state index in [1.807, 2.05) is 18.2 Å². The van der Waals surface area contributed by atoms with Gasteiger partial charge in [0.05, 0.1) is 10.7 Å². The molecule has 0 bridgehead atoms. The van der Waals surface area contributed by atoms with Crippen LogP contribution in [0.1, 0.15) is 41.0 Å². The van der Waals surface area contributed by atoms with Gasteiger partial charge >= 0.3 is 0 Å². The zero-order chi connectivity index (χ0) is 14.7. The van der Waals surface area contributed by atoms with Gasteiger partial charge in [0, 0.05) is 27.4 Å². The molecule has 0 aliphatic carbocycles. The van der Waals surface area contributed by atoms with Crippen molar-refractivity contribution in [2.24, 2.45) is 0 Å². The first-order chi connectivity index (χ1) is 9.52. The Balaban J connectivity index is 2.25. The van der Waals surface area contributed by atoms with E-state index in [1.54, 1.807) is 11.3 Å². The lowest BCUT2D eigenvalue weighted by Crippen LogP contribution is -2.17. The molecule has 0 saturated heterocycles. The van der Waals surface area contributed by atoms with E-state index in [9.17, 15) is 0 Å². The Kier molecular flexibility index (Phi) is 5.44. The van der Waals surface area contributed by atoms with Crippen LogP contribution in [0.25, 0.3) is 0 Å². The van der Waals surface area contributed by atoms with Crippen LogP contribution < -0.4 is 5.32 Å². The van der Waals surface area contributed by atoms with Crippen molar-refractivity contribution >= 4 is 34.5 Å². The van der Waals surface area contributed by atoms with Gasteiger partial charge in [-0.2, -0.15) is 0 Å². The van der Waals surface area contributed by atoms with Crippen molar-refractivity contribution in [2.45, 2.75) is 33.2 Å². The minimum Gasteiger partial charge on any atom is -0.310 e. The third-order valence-electron chi connectivity index (χ3n) is 3.17. The third-order valence-corrected chi connectivity index (χ3v) is 5.22. The number of benzene rings is 1. The number of hydrogen-bond donors (Lipinski definition) is 1. The summed E-state index contributed by atoms with van der Waals surface area (Å²) in [6, 6.07) is 5.92. The quantitative estimate of drug-likeness (QED) is 0.833. The largest absolute Gasteiger partial charge is 0.310 e. The van der Waals surface area contributed by atoms with Crippen LogP contribution in [0.4, 0.5) is 0 Å². The maximum atomic E-state index is 6.22. The summed E-state index contributed by atoms with van der Waals surface area (Å²) in [5.74, 6) is 0. The molecule has 108 valence electrons. The van der Waals surface area contributed by atoms with Crippen molar-refractivity contribution < 1.29 is 0 Å². The van der Waals surface area contributed by atoms with E-state index in [0.29, 0.717) is 22.5 Å². The fraction of sp³-hybridized carbons (Fsp3) is 0.400. The van der Waals surface area contributed by atoms with Gasteiger partial charge < -0.3 is 5.32 Å². The molecule has 0 amide bonds. The Labute approximate surface area is 134 Å². The molecule has 0 spiro atoms. The molecule has 5 heteroatoms. The second-order valence-corrected chi connectivity index (χ2v) is 6.64. The lowest BCUT2D eigenvalue weighted by molar-refractivity contribution is 0.603. The molecule has 1 unspecified atom stereocenters. The highest BCUT2D eigenvalue weighted by atomic mass is 35.5. The van der Waals surface area contributed by atoms with E-state index in [2.05, 4.69) is 31.1 Å². The summed E-state index contributed by atoms with van der Waals surface area (Å²) in [6.45, 7) is 7.27. The minimum atomic E-state index is 0.327. The number of thiazole rings is 1. The Hall–Kier alpha value is -0.610. The first-order valence-electron chi connectivity index (χ1n) is 6.65. The predicted octanol–water partition coefficient (Wildman–Crippen LogP) is 5.02. The first-order valence-corrected chi connectivity index (χ1v) is 8.22. The van der Waals surface area contributed by atoms with Gasteiger partial charge in [-0.3, -0.25) is 0 Å². The number of nitrogens with one attached hydrogen (secondary N) is 1. The van der Waals surface area contributed by atoms with Gasteiger partial charge in [0.1, 0.15) is 0 Å². The summed E-state index contributed by atoms with van der Waals surface area (Å²) in [5, 5.41) is 5.88. The van der Waals surface area contributed by atoms with Crippen LogP contribution in [0.15, 0.2) is 18.2 Å². The van der Waals surface area contributed by atoms with E-state index in [0.717, 1.165) is 22.8 Å². The monoisotopic (exact) mass is 328 g/mol. The van der Waals surface area contributed by atoms with Crippen LogP contribution in [0.5, 0.6) is 0 Å². The van der Waals surface area contributed by atoms with Gasteiger partial charge in [-0.1, -0.05) is 36.2 Å². The highest BCUT2D eigenvalue weighted by Crippen LogP contribution is 2.31. The van der Waals surface area contributed by atoms with Gasteiger partial charge in [-0.05, 0) is 38.1 Å². The Morgan fingerprint density at radius 3 is 2.55 bits per heavy atom. The normalized spacial score (nSPS) is 12.7. The molecular weight excluding hydrogens is 311 g/mol. The molecule has 0 radical (unpaired) electrons. The van der Waals surface area contributed by atoms with Gasteiger partial charge in [0.25, 0.3) is 0 Å². The summed E-state index contributed by atoms with van der Waals surface area (Å²) in [7, 11) is 0. The van der Waals surface area contributed by atoms with Crippen molar-refractivity contribution in [1.82, 2.24) is 10.3 Å². The summed E-state index contributed by atoms with van der Waals surface area (Å²) in [4.78, 5) is 5.94. The smallest absolute Gasteiger partial charge is 0.0976 e. The molecule has 1 atom stereocenters. The number of nitrogens with zero attached hydrogens (tertiary/aromatic N) is 1. The second kappa shape index (κ2) is 6.90. The maximum absolute atomic E-state index is 6.22. The molecule has 2 aromatic rings. The average molecular weight is 329 g/mol. The second-order valence-electron chi connectivity index (χ2n) is 4.71. The summed E-state index contributed by atoms with van der Waals surface area (Å²) in [6.07, 6.45) is 0.683. The zero-order valence-electron chi connectivity index (χ0n) is 11.8. The molecule has 0 saturated carbocycles. The molecular formula is C15H18Cl2N2S. The van der Waals surface area contributed by atoms with E-state index < -0.39 is 0 Å². The van der Waals surface area contributed by atoms with Gasteiger partial charge in [-0.15, -0.1) is 11.3 Å². The number of hydrogen-bond acceptors (Lipinski definition) is 3. The zero-order valence-corrected chi connectivity index (χ0v) is 14.2. The molecule has 0 aliphatic rings. The predicted molar refractivity (Wildman–Crippen MR) is 88.2 cm³/mol. The first kappa shape index (κ1) is 15.8. The molecule has 1 aromatic heterocycles. The van der Waals surface area contributed by atoms with E-state index in [-0.39, 0.29) is 0 Å². The molecule has 1 aromatic carbocycles. The van der Waals surface area contributed by atoms with Crippen LogP contribution in [0, 0.1) is 6.92 Å². The summed E-state index contributed by atoms with van der Waals surface area (Å²) < 4.78 is 0. The fourth-order valence-electron chi connectivity index (χ4n) is 2.19.